The number of nitrogens with two attached hydrogens (primary N) is 1. The zero-order chi connectivity index (χ0) is 17.3. The monoisotopic (exact) mass is 326 g/mol. The molecule has 1 amide bonds. The molecule has 0 radical (unpaired) electrons. The molecule has 0 aliphatic heterocycles. The Morgan fingerprint density at radius 3 is 2.09 bits per heavy atom. The summed E-state index contributed by atoms with van der Waals surface area (Å²) in [5.41, 5.74) is 4.79. The zero-order valence-corrected chi connectivity index (χ0v) is 14.7. The molecule has 2 rings (SSSR count). The molecule has 23 heavy (non-hydrogen) atoms. The van der Waals surface area contributed by atoms with Crippen molar-refractivity contribution in [1.29, 1.82) is 0 Å². The SMILES string of the molecule is COC(=O)C(N)C1(C2(NC(=O)OC(C)(C)C)CCCCC2)CC1. The van der Waals surface area contributed by atoms with Gasteiger partial charge in [-0.25, -0.2) is 4.79 Å². The Labute approximate surface area is 138 Å². The Morgan fingerprint density at radius 2 is 1.65 bits per heavy atom. The molecule has 1 unspecified atom stereocenters. The lowest BCUT2D eigenvalue weighted by atomic mass is 9.67. The lowest BCUT2D eigenvalue weighted by Gasteiger charge is -2.46. The molecule has 0 aromatic carbocycles. The highest BCUT2D eigenvalue weighted by atomic mass is 16.6. The number of methoxy groups -OCH3 is 1. The lowest BCUT2D eigenvalue weighted by Crippen LogP contribution is -2.63. The zero-order valence-electron chi connectivity index (χ0n) is 14.7. The van der Waals surface area contributed by atoms with Crippen LogP contribution in [0.15, 0.2) is 0 Å². The van der Waals surface area contributed by atoms with Gasteiger partial charge in [0.1, 0.15) is 11.6 Å². The largest absolute Gasteiger partial charge is 0.468 e. The fraction of sp³-hybridized carbons (Fsp3) is 0.882. The summed E-state index contributed by atoms with van der Waals surface area (Å²) >= 11 is 0. The number of carbonyl (C=O) groups is 2. The first kappa shape index (κ1) is 18.0. The number of alkyl carbamates (subject to hydrolysis) is 1. The second-order valence-electron chi connectivity index (χ2n) is 7.93. The molecule has 2 aliphatic rings. The van der Waals surface area contributed by atoms with Crippen LogP contribution < -0.4 is 11.1 Å². The van der Waals surface area contributed by atoms with E-state index in [2.05, 4.69) is 5.32 Å². The topological polar surface area (TPSA) is 90.6 Å². The Kier molecular flexibility index (Phi) is 4.95. The molecule has 0 saturated heterocycles. The third-order valence-corrected chi connectivity index (χ3v) is 5.24. The number of nitrogens with one attached hydrogen (secondary N) is 1. The molecule has 2 aliphatic carbocycles. The van der Waals surface area contributed by atoms with E-state index in [1.165, 1.54) is 7.11 Å². The highest BCUT2D eigenvalue weighted by Crippen LogP contribution is 2.60. The number of ether oxygens (including phenoxy) is 2. The number of amides is 1. The van der Waals surface area contributed by atoms with Crippen molar-refractivity contribution in [2.45, 2.75) is 82.9 Å². The van der Waals surface area contributed by atoms with Crippen molar-refractivity contribution in [2.24, 2.45) is 11.1 Å². The Bertz CT molecular complexity index is 460. The quantitative estimate of drug-likeness (QED) is 0.775. The standard InChI is InChI=1S/C17H30N2O4/c1-15(2,3)23-14(21)19-17(8-6-5-7-9-17)16(10-11-16)12(18)13(20)22-4/h12H,5-11,18H2,1-4H3,(H,19,21). The van der Waals surface area contributed by atoms with E-state index in [0.717, 1.165) is 44.9 Å². The van der Waals surface area contributed by atoms with Crippen molar-refractivity contribution >= 4 is 12.1 Å². The molecule has 3 N–H and O–H groups in total. The second-order valence-corrected chi connectivity index (χ2v) is 7.93. The molecule has 132 valence electrons. The lowest BCUT2D eigenvalue weighted by molar-refractivity contribution is -0.145. The average Bonchev–Trinajstić information content (AvgIpc) is 3.26. The van der Waals surface area contributed by atoms with Crippen molar-refractivity contribution in [3.8, 4) is 0 Å². The van der Waals surface area contributed by atoms with Crippen LogP contribution in [0.3, 0.4) is 0 Å². The van der Waals surface area contributed by atoms with Crippen LogP contribution in [0.2, 0.25) is 0 Å². The minimum absolute atomic E-state index is 0.404. The fourth-order valence-corrected chi connectivity index (χ4v) is 3.98. The smallest absolute Gasteiger partial charge is 0.408 e. The van der Waals surface area contributed by atoms with Gasteiger partial charge in [0.05, 0.1) is 12.6 Å². The van der Waals surface area contributed by atoms with Crippen molar-refractivity contribution in [2.75, 3.05) is 7.11 Å². The number of esters is 1. The van der Waals surface area contributed by atoms with Gasteiger partial charge in [-0.3, -0.25) is 4.79 Å². The van der Waals surface area contributed by atoms with Gasteiger partial charge >= 0.3 is 12.1 Å². The van der Waals surface area contributed by atoms with Crippen LogP contribution in [0.1, 0.15) is 65.7 Å². The molecule has 0 heterocycles. The summed E-state index contributed by atoms with van der Waals surface area (Å²) in [7, 11) is 1.35. The van der Waals surface area contributed by atoms with Gasteiger partial charge in [-0.2, -0.15) is 0 Å². The first-order valence-corrected chi connectivity index (χ1v) is 8.50. The molecule has 6 nitrogen and oxygen atoms in total. The van der Waals surface area contributed by atoms with E-state index in [4.69, 9.17) is 15.2 Å². The predicted octanol–water partition coefficient (Wildman–Crippen LogP) is 2.49. The number of hydrogen-bond acceptors (Lipinski definition) is 5. The average molecular weight is 326 g/mol. The van der Waals surface area contributed by atoms with Gasteiger partial charge in [-0.1, -0.05) is 19.3 Å². The van der Waals surface area contributed by atoms with Gasteiger partial charge in [-0.15, -0.1) is 0 Å². The highest BCUT2D eigenvalue weighted by molar-refractivity contribution is 5.78. The van der Waals surface area contributed by atoms with Gasteiger partial charge in [0.25, 0.3) is 0 Å². The van der Waals surface area contributed by atoms with Crippen LogP contribution in [0.5, 0.6) is 0 Å². The minimum atomic E-state index is -0.708. The molecule has 1 atom stereocenters. The van der Waals surface area contributed by atoms with Gasteiger partial charge in [0.2, 0.25) is 0 Å². The van der Waals surface area contributed by atoms with E-state index in [1.807, 2.05) is 20.8 Å². The van der Waals surface area contributed by atoms with E-state index < -0.39 is 34.7 Å². The van der Waals surface area contributed by atoms with E-state index in [0.29, 0.717) is 0 Å². The predicted molar refractivity (Wildman–Crippen MR) is 86.8 cm³/mol. The highest BCUT2D eigenvalue weighted by Gasteiger charge is 2.65. The molecule has 2 fully saturated rings. The molecule has 2 saturated carbocycles. The maximum atomic E-state index is 12.4. The number of rotatable bonds is 4. The fourth-order valence-electron chi connectivity index (χ4n) is 3.98. The summed E-state index contributed by atoms with van der Waals surface area (Å²) in [6.45, 7) is 5.52. The van der Waals surface area contributed by atoms with Crippen LogP contribution >= 0.6 is 0 Å². The Balaban J connectivity index is 2.22. The van der Waals surface area contributed by atoms with E-state index in [-0.39, 0.29) is 0 Å². The third-order valence-electron chi connectivity index (χ3n) is 5.24. The number of carbonyl (C=O) groups excluding carboxylic acids is 2. The summed E-state index contributed by atoms with van der Waals surface area (Å²) in [4.78, 5) is 24.4. The third kappa shape index (κ3) is 3.62. The van der Waals surface area contributed by atoms with Crippen LogP contribution in [0.25, 0.3) is 0 Å². The molecule has 0 aromatic rings. The van der Waals surface area contributed by atoms with E-state index >= 15 is 0 Å². The molecule has 0 bridgehead atoms. The van der Waals surface area contributed by atoms with Gasteiger partial charge in [0.15, 0.2) is 0 Å². The molecular formula is C17H30N2O4. The van der Waals surface area contributed by atoms with Gasteiger partial charge in [0, 0.05) is 5.41 Å². The Morgan fingerprint density at radius 1 is 1.09 bits per heavy atom. The van der Waals surface area contributed by atoms with Crippen molar-refractivity contribution in [3.05, 3.63) is 0 Å². The first-order valence-electron chi connectivity index (χ1n) is 8.50. The summed E-state index contributed by atoms with van der Waals surface area (Å²) in [6, 6.07) is -0.708. The van der Waals surface area contributed by atoms with E-state index in [9.17, 15) is 9.59 Å². The summed E-state index contributed by atoms with van der Waals surface area (Å²) in [5.74, 6) is -0.404. The van der Waals surface area contributed by atoms with Crippen LogP contribution in [0.4, 0.5) is 4.79 Å². The maximum Gasteiger partial charge on any atom is 0.408 e. The second kappa shape index (κ2) is 6.30. The maximum absolute atomic E-state index is 12.4. The van der Waals surface area contributed by atoms with E-state index in [1.54, 1.807) is 0 Å². The van der Waals surface area contributed by atoms with Crippen LogP contribution in [-0.4, -0.2) is 36.4 Å². The molecule has 6 heteroatoms. The minimum Gasteiger partial charge on any atom is -0.468 e. The molecular weight excluding hydrogens is 296 g/mol. The Hall–Kier alpha value is -1.30. The van der Waals surface area contributed by atoms with Crippen molar-refractivity contribution in [3.63, 3.8) is 0 Å². The first-order chi connectivity index (χ1) is 10.7. The summed E-state index contributed by atoms with van der Waals surface area (Å²) in [5, 5.41) is 3.10. The van der Waals surface area contributed by atoms with Crippen molar-refractivity contribution in [1.82, 2.24) is 5.32 Å². The van der Waals surface area contributed by atoms with Crippen molar-refractivity contribution < 1.29 is 19.1 Å². The number of hydrogen-bond donors (Lipinski definition) is 2. The molecule has 0 spiro atoms. The normalized spacial score (nSPS) is 23.5. The van der Waals surface area contributed by atoms with Crippen LogP contribution in [0, 0.1) is 5.41 Å². The van der Waals surface area contributed by atoms with Crippen LogP contribution in [-0.2, 0) is 14.3 Å². The van der Waals surface area contributed by atoms with Gasteiger partial charge < -0.3 is 20.5 Å². The molecule has 0 aromatic heterocycles. The van der Waals surface area contributed by atoms with Gasteiger partial charge in [-0.05, 0) is 46.5 Å². The summed E-state index contributed by atoms with van der Waals surface area (Å²) in [6.07, 6.45) is 6.08. The summed E-state index contributed by atoms with van der Waals surface area (Å²) < 4.78 is 10.3.